The number of anilines is 1. The molecular weight excluding hydrogens is 398 g/mol. The van der Waals surface area contributed by atoms with E-state index in [9.17, 15) is 9.00 Å². The summed E-state index contributed by atoms with van der Waals surface area (Å²) in [6.07, 6.45) is 5.51. The molecule has 30 heavy (non-hydrogen) atoms. The van der Waals surface area contributed by atoms with Crippen LogP contribution in [0.15, 0.2) is 67.0 Å². The number of nitrogens with one attached hydrogen (secondary N) is 1. The molecule has 1 fully saturated rings. The zero-order valence-corrected chi connectivity index (χ0v) is 17.5. The molecule has 1 N–H and O–H groups in total. The average molecular weight is 424 g/mol. The van der Waals surface area contributed by atoms with E-state index in [4.69, 9.17) is 4.74 Å². The van der Waals surface area contributed by atoms with E-state index in [2.05, 4.69) is 10.4 Å². The second-order valence-electron chi connectivity index (χ2n) is 7.39. The SMILES string of the molecule is O=C(Cc1cnn(-c2ccccc2)c1)Nc1cccc(CS(=O)C2CCOCC2)c1. The highest BCUT2D eigenvalue weighted by Gasteiger charge is 2.20. The number of amides is 1. The Balaban J connectivity index is 1.34. The van der Waals surface area contributed by atoms with Crippen LogP contribution in [-0.2, 0) is 32.5 Å². The molecule has 1 atom stereocenters. The number of carbonyl (C=O) groups excluding carboxylic acids is 1. The molecule has 2 aromatic carbocycles. The minimum atomic E-state index is -0.929. The molecule has 0 spiro atoms. The van der Waals surface area contributed by atoms with Gasteiger partial charge in [0.1, 0.15) is 0 Å². The van der Waals surface area contributed by atoms with Crippen LogP contribution >= 0.6 is 0 Å². The predicted molar refractivity (Wildman–Crippen MR) is 118 cm³/mol. The lowest BCUT2D eigenvalue weighted by atomic mass is 10.2. The van der Waals surface area contributed by atoms with Crippen molar-refractivity contribution in [3.05, 3.63) is 78.1 Å². The second kappa shape index (κ2) is 9.82. The van der Waals surface area contributed by atoms with Crippen molar-refractivity contribution < 1.29 is 13.7 Å². The number of carbonyl (C=O) groups is 1. The lowest BCUT2D eigenvalue weighted by molar-refractivity contribution is -0.115. The minimum absolute atomic E-state index is 0.106. The van der Waals surface area contributed by atoms with Crippen LogP contribution in [0.5, 0.6) is 0 Å². The van der Waals surface area contributed by atoms with E-state index in [0.717, 1.165) is 35.3 Å². The first kappa shape index (κ1) is 20.5. The standard InChI is InChI=1S/C23H25N3O3S/c27-23(14-19-15-24-26(16-19)21-7-2-1-3-8-21)25-20-6-4-5-18(13-20)17-30(28)22-9-11-29-12-10-22/h1-8,13,15-16,22H,9-12,14,17H2,(H,25,27). The van der Waals surface area contributed by atoms with Gasteiger partial charge in [0, 0.05) is 46.9 Å². The molecule has 0 saturated carbocycles. The molecule has 1 unspecified atom stereocenters. The maximum atomic E-state index is 12.6. The Morgan fingerprint density at radius 2 is 1.90 bits per heavy atom. The molecule has 6 nitrogen and oxygen atoms in total. The predicted octanol–water partition coefficient (Wildman–Crippen LogP) is 3.48. The van der Waals surface area contributed by atoms with Crippen LogP contribution in [0.4, 0.5) is 5.69 Å². The zero-order valence-electron chi connectivity index (χ0n) is 16.7. The van der Waals surface area contributed by atoms with Gasteiger partial charge in [0.05, 0.1) is 18.3 Å². The normalized spacial score (nSPS) is 15.6. The van der Waals surface area contributed by atoms with Crippen molar-refractivity contribution >= 4 is 22.4 Å². The third kappa shape index (κ3) is 5.43. The molecule has 4 rings (SSSR count). The van der Waals surface area contributed by atoms with Gasteiger partial charge in [-0.2, -0.15) is 5.10 Å². The van der Waals surface area contributed by atoms with Crippen molar-refractivity contribution in [1.29, 1.82) is 0 Å². The summed E-state index contributed by atoms with van der Waals surface area (Å²) in [6, 6.07) is 17.4. The largest absolute Gasteiger partial charge is 0.381 e. The van der Waals surface area contributed by atoms with E-state index in [1.807, 2.05) is 60.8 Å². The molecule has 2 heterocycles. The number of hydrogen-bond acceptors (Lipinski definition) is 4. The van der Waals surface area contributed by atoms with Gasteiger partial charge in [-0.15, -0.1) is 0 Å². The van der Waals surface area contributed by atoms with Crippen LogP contribution in [0.3, 0.4) is 0 Å². The number of para-hydroxylation sites is 1. The highest BCUT2D eigenvalue weighted by molar-refractivity contribution is 7.84. The van der Waals surface area contributed by atoms with E-state index >= 15 is 0 Å². The molecule has 1 aliphatic rings. The number of hydrogen-bond donors (Lipinski definition) is 1. The topological polar surface area (TPSA) is 73.2 Å². The van der Waals surface area contributed by atoms with Gasteiger partial charge in [-0.25, -0.2) is 4.68 Å². The van der Waals surface area contributed by atoms with Crippen molar-refractivity contribution in [2.24, 2.45) is 0 Å². The smallest absolute Gasteiger partial charge is 0.228 e. The Morgan fingerprint density at radius 3 is 2.70 bits per heavy atom. The first-order chi connectivity index (χ1) is 14.7. The van der Waals surface area contributed by atoms with Crippen molar-refractivity contribution in [3.63, 3.8) is 0 Å². The summed E-state index contributed by atoms with van der Waals surface area (Å²) in [6.45, 7) is 1.38. The lowest BCUT2D eigenvalue weighted by Gasteiger charge is -2.21. The van der Waals surface area contributed by atoms with Crippen LogP contribution in [0, 0.1) is 0 Å². The molecule has 1 aliphatic heterocycles. The summed E-state index contributed by atoms with van der Waals surface area (Å²) in [5.41, 5.74) is 3.48. The fourth-order valence-corrected chi connectivity index (χ4v) is 4.99. The van der Waals surface area contributed by atoms with Gasteiger partial charge in [-0.05, 0) is 48.2 Å². The summed E-state index contributed by atoms with van der Waals surface area (Å²) in [4.78, 5) is 12.5. The molecule has 7 heteroatoms. The van der Waals surface area contributed by atoms with E-state index in [0.29, 0.717) is 19.0 Å². The van der Waals surface area contributed by atoms with Gasteiger partial charge >= 0.3 is 0 Å². The lowest BCUT2D eigenvalue weighted by Crippen LogP contribution is -2.25. The van der Waals surface area contributed by atoms with Gasteiger partial charge in [0.25, 0.3) is 0 Å². The zero-order chi connectivity index (χ0) is 20.8. The van der Waals surface area contributed by atoms with E-state index in [-0.39, 0.29) is 17.6 Å². The van der Waals surface area contributed by atoms with Crippen molar-refractivity contribution in [2.75, 3.05) is 18.5 Å². The maximum absolute atomic E-state index is 12.6. The van der Waals surface area contributed by atoms with E-state index < -0.39 is 10.8 Å². The summed E-state index contributed by atoms with van der Waals surface area (Å²) in [7, 11) is -0.929. The quantitative estimate of drug-likeness (QED) is 0.631. The molecule has 156 valence electrons. The molecule has 3 aromatic rings. The molecule has 1 saturated heterocycles. The highest BCUT2D eigenvalue weighted by atomic mass is 32.2. The van der Waals surface area contributed by atoms with Crippen LogP contribution in [0.2, 0.25) is 0 Å². The Kier molecular flexibility index (Phi) is 6.71. The monoisotopic (exact) mass is 423 g/mol. The summed E-state index contributed by atoms with van der Waals surface area (Å²) in [5.74, 6) is 0.392. The van der Waals surface area contributed by atoms with Crippen molar-refractivity contribution in [2.45, 2.75) is 30.3 Å². The molecule has 0 aliphatic carbocycles. The number of nitrogens with zero attached hydrogens (tertiary/aromatic N) is 2. The number of benzene rings is 2. The third-order valence-corrected chi connectivity index (χ3v) is 6.91. The molecule has 1 amide bonds. The minimum Gasteiger partial charge on any atom is -0.381 e. The van der Waals surface area contributed by atoms with Crippen LogP contribution in [0.1, 0.15) is 24.0 Å². The number of rotatable bonds is 7. The van der Waals surface area contributed by atoms with Crippen LogP contribution < -0.4 is 5.32 Å². The first-order valence-electron chi connectivity index (χ1n) is 10.1. The molecule has 0 bridgehead atoms. The average Bonchev–Trinajstić information content (AvgIpc) is 3.23. The Hall–Kier alpha value is -2.77. The highest BCUT2D eigenvalue weighted by Crippen LogP contribution is 2.19. The Morgan fingerprint density at radius 1 is 1.10 bits per heavy atom. The van der Waals surface area contributed by atoms with Gasteiger partial charge in [-0.3, -0.25) is 9.00 Å². The fourth-order valence-electron chi connectivity index (χ4n) is 3.52. The van der Waals surface area contributed by atoms with Crippen LogP contribution in [0.25, 0.3) is 5.69 Å². The van der Waals surface area contributed by atoms with Gasteiger partial charge in [0.2, 0.25) is 5.91 Å². The first-order valence-corrected chi connectivity index (χ1v) is 11.5. The molecule has 1 aromatic heterocycles. The second-order valence-corrected chi connectivity index (χ2v) is 9.11. The van der Waals surface area contributed by atoms with Gasteiger partial charge in [-0.1, -0.05) is 30.3 Å². The Bertz CT molecular complexity index is 1010. The summed E-state index contributed by atoms with van der Waals surface area (Å²) >= 11 is 0. The van der Waals surface area contributed by atoms with E-state index in [1.165, 1.54) is 0 Å². The van der Waals surface area contributed by atoms with E-state index in [1.54, 1.807) is 10.9 Å². The van der Waals surface area contributed by atoms with Gasteiger partial charge in [0.15, 0.2) is 0 Å². The van der Waals surface area contributed by atoms with Crippen molar-refractivity contribution in [1.82, 2.24) is 9.78 Å². The van der Waals surface area contributed by atoms with Crippen molar-refractivity contribution in [3.8, 4) is 5.69 Å². The Labute approximate surface area is 178 Å². The number of aromatic nitrogens is 2. The maximum Gasteiger partial charge on any atom is 0.228 e. The molecular formula is C23H25N3O3S. The molecule has 0 radical (unpaired) electrons. The summed E-state index contributed by atoms with van der Waals surface area (Å²) < 4.78 is 19.7. The number of ether oxygens (including phenoxy) is 1. The third-order valence-electron chi connectivity index (χ3n) is 5.08. The summed E-state index contributed by atoms with van der Waals surface area (Å²) in [5, 5.41) is 7.46. The van der Waals surface area contributed by atoms with Crippen LogP contribution in [-0.4, -0.2) is 38.4 Å². The fraction of sp³-hybridized carbons (Fsp3) is 0.304. The van der Waals surface area contributed by atoms with Gasteiger partial charge < -0.3 is 10.1 Å².